The summed E-state index contributed by atoms with van der Waals surface area (Å²) in [7, 11) is 0. The lowest BCUT2D eigenvalue weighted by molar-refractivity contribution is -0.255. The van der Waals surface area contributed by atoms with Crippen LogP contribution in [-0.2, 0) is 4.79 Å². The molecule has 3 aromatic carbocycles. The van der Waals surface area contributed by atoms with Gasteiger partial charge in [0.25, 0.3) is 5.91 Å². The van der Waals surface area contributed by atoms with Crippen LogP contribution in [0.25, 0.3) is 17.1 Å². The van der Waals surface area contributed by atoms with Crippen LogP contribution >= 0.6 is 11.8 Å². The Morgan fingerprint density at radius 1 is 0.939 bits per heavy atom. The van der Waals surface area contributed by atoms with Gasteiger partial charge in [-0.1, -0.05) is 84.6 Å². The van der Waals surface area contributed by atoms with Gasteiger partial charge in [0, 0.05) is 11.3 Å². The van der Waals surface area contributed by atoms with Crippen LogP contribution < -0.4 is 10.5 Å². The highest BCUT2D eigenvalue weighted by Crippen LogP contribution is 2.27. The number of thioether (sulfide) groups is 1. The highest BCUT2D eigenvalue weighted by molar-refractivity contribution is 7.99. The van der Waals surface area contributed by atoms with Crippen molar-refractivity contribution < 1.29 is 14.7 Å². The number of carbonyl (C=O) groups excluding carboxylic acids is 2. The Kier molecular flexibility index (Phi) is 6.91. The molecule has 9 heteroatoms. The predicted octanol–water partition coefficient (Wildman–Crippen LogP) is 2.54. The van der Waals surface area contributed by atoms with Crippen molar-refractivity contribution >= 4 is 29.9 Å². The van der Waals surface area contributed by atoms with Gasteiger partial charge in [-0.2, -0.15) is 5.10 Å². The maximum Gasteiger partial charge on any atom is 0.250 e. The van der Waals surface area contributed by atoms with Crippen molar-refractivity contribution in [1.29, 1.82) is 0 Å². The molecule has 33 heavy (non-hydrogen) atoms. The average Bonchev–Trinajstić information content (AvgIpc) is 3.28. The zero-order valence-electron chi connectivity index (χ0n) is 17.3. The van der Waals surface area contributed by atoms with Crippen molar-refractivity contribution in [2.75, 3.05) is 5.75 Å². The molecule has 0 unspecified atom stereocenters. The Bertz CT molecular complexity index is 1270. The molecule has 0 fully saturated rings. The van der Waals surface area contributed by atoms with E-state index in [0.29, 0.717) is 16.5 Å². The molecule has 0 saturated heterocycles. The Morgan fingerprint density at radius 3 is 2.27 bits per heavy atom. The number of amides is 1. The van der Waals surface area contributed by atoms with Crippen molar-refractivity contribution in [1.82, 2.24) is 20.2 Å². The van der Waals surface area contributed by atoms with Crippen LogP contribution in [0.2, 0.25) is 0 Å². The summed E-state index contributed by atoms with van der Waals surface area (Å²) in [6, 6.07) is 25.4. The Morgan fingerprint density at radius 2 is 1.61 bits per heavy atom. The Balaban J connectivity index is 1.44. The van der Waals surface area contributed by atoms with Crippen LogP contribution in [0.15, 0.2) is 95.2 Å². The van der Waals surface area contributed by atoms with Gasteiger partial charge in [-0.25, -0.2) is 5.43 Å². The van der Waals surface area contributed by atoms with Gasteiger partial charge in [0.15, 0.2) is 11.0 Å². The molecule has 0 aliphatic carbocycles. The average molecular weight is 457 g/mol. The second-order valence-corrected chi connectivity index (χ2v) is 7.78. The molecule has 0 bridgehead atoms. The van der Waals surface area contributed by atoms with Gasteiger partial charge in [0.1, 0.15) is 0 Å². The normalized spacial score (nSPS) is 10.9. The van der Waals surface area contributed by atoms with E-state index in [4.69, 9.17) is 0 Å². The molecule has 1 aromatic heterocycles. The molecule has 4 rings (SSSR count). The summed E-state index contributed by atoms with van der Waals surface area (Å²) in [5.74, 6) is -0.794. The molecule has 0 atom stereocenters. The standard InChI is InChI=1S/C24H19N5O3S/c30-21(26-25-15-17-11-13-19(14-12-17)23(31)32)16-33-24-28-27-22(18-7-3-1-4-8-18)29(24)20-9-5-2-6-10-20/h1-15H,16H2,(H,26,30)(H,31,32)/p-1/b25-15-. The van der Waals surface area contributed by atoms with Crippen LogP contribution in [0.4, 0.5) is 0 Å². The molecule has 1 N–H and O–H groups in total. The van der Waals surface area contributed by atoms with E-state index in [1.807, 2.05) is 65.2 Å². The number of hydrogen-bond donors (Lipinski definition) is 1. The first-order chi connectivity index (χ1) is 16.1. The van der Waals surface area contributed by atoms with Crippen molar-refractivity contribution in [3.8, 4) is 17.1 Å². The molecule has 1 heterocycles. The maximum absolute atomic E-state index is 12.3. The van der Waals surface area contributed by atoms with E-state index in [-0.39, 0.29) is 17.2 Å². The number of carboxylic acid groups (broad SMARTS) is 1. The molecule has 0 spiro atoms. The Labute approximate surface area is 194 Å². The summed E-state index contributed by atoms with van der Waals surface area (Å²) in [6.45, 7) is 0. The number of carbonyl (C=O) groups is 2. The number of aromatic nitrogens is 3. The number of carboxylic acids is 1. The van der Waals surface area contributed by atoms with Crippen molar-refractivity contribution in [2.24, 2.45) is 5.10 Å². The number of hydrogen-bond acceptors (Lipinski definition) is 7. The lowest BCUT2D eigenvalue weighted by atomic mass is 10.1. The van der Waals surface area contributed by atoms with E-state index >= 15 is 0 Å². The maximum atomic E-state index is 12.3. The third-order valence-corrected chi connectivity index (χ3v) is 5.49. The van der Waals surface area contributed by atoms with E-state index in [0.717, 1.165) is 11.3 Å². The molecule has 0 aliphatic heterocycles. The first-order valence-corrected chi connectivity index (χ1v) is 10.9. The highest BCUT2D eigenvalue weighted by atomic mass is 32.2. The molecule has 4 aromatic rings. The fourth-order valence-corrected chi connectivity index (χ4v) is 3.74. The van der Waals surface area contributed by atoms with Gasteiger partial charge >= 0.3 is 0 Å². The molecule has 8 nitrogen and oxygen atoms in total. The fraction of sp³-hybridized carbons (Fsp3) is 0.0417. The third-order valence-electron chi connectivity index (χ3n) is 4.56. The zero-order chi connectivity index (χ0) is 23.0. The van der Waals surface area contributed by atoms with Gasteiger partial charge in [-0.05, 0) is 23.3 Å². The number of rotatable bonds is 8. The van der Waals surface area contributed by atoms with E-state index in [1.54, 1.807) is 12.1 Å². The van der Waals surface area contributed by atoms with E-state index in [2.05, 4.69) is 20.7 Å². The zero-order valence-corrected chi connectivity index (χ0v) is 18.1. The smallest absolute Gasteiger partial charge is 0.250 e. The first-order valence-electron chi connectivity index (χ1n) is 9.94. The number of hydrazone groups is 1. The largest absolute Gasteiger partial charge is 0.545 e. The van der Waals surface area contributed by atoms with Gasteiger partial charge < -0.3 is 9.90 Å². The van der Waals surface area contributed by atoms with E-state index < -0.39 is 5.97 Å². The number of nitrogens with one attached hydrogen (secondary N) is 1. The van der Waals surface area contributed by atoms with E-state index in [9.17, 15) is 14.7 Å². The van der Waals surface area contributed by atoms with Crippen molar-refractivity contribution in [2.45, 2.75) is 5.16 Å². The number of benzene rings is 3. The summed E-state index contributed by atoms with van der Waals surface area (Å²) < 4.78 is 1.91. The van der Waals surface area contributed by atoms with Crippen LogP contribution in [0.5, 0.6) is 0 Å². The molecule has 0 aliphatic rings. The van der Waals surface area contributed by atoms with Gasteiger partial charge in [-0.15, -0.1) is 10.2 Å². The van der Waals surface area contributed by atoms with Gasteiger partial charge in [0.05, 0.1) is 17.9 Å². The molecule has 164 valence electrons. The minimum Gasteiger partial charge on any atom is -0.545 e. The van der Waals surface area contributed by atoms with Crippen LogP contribution in [-0.4, -0.2) is 38.6 Å². The minimum atomic E-state index is -1.25. The lowest BCUT2D eigenvalue weighted by Crippen LogP contribution is -2.22. The quantitative estimate of drug-likeness (QED) is 0.248. The molecular formula is C24H18N5O3S-. The van der Waals surface area contributed by atoms with Gasteiger partial charge in [-0.3, -0.25) is 9.36 Å². The monoisotopic (exact) mass is 456 g/mol. The van der Waals surface area contributed by atoms with Gasteiger partial charge in [0.2, 0.25) is 0 Å². The number of para-hydroxylation sites is 1. The van der Waals surface area contributed by atoms with Crippen LogP contribution in [0.3, 0.4) is 0 Å². The Hall–Kier alpha value is -4.24. The third kappa shape index (κ3) is 5.52. The fourth-order valence-electron chi connectivity index (χ4n) is 2.99. The lowest BCUT2D eigenvalue weighted by Gasteiger charge is -2.10. The minimum absolute atomic E-state index is 0.0741. The molecule has 0 radical (unpaired) electrons. The molecule has 0 saturated carbocycles. The SMILES string of the molecule is O=C(CSc1nnc(-c2ccccc2)n1-c1ccccc1)N/N=C\c1ccc(C(=O)[O-])cc1. The topological polar surface area (TPSA) is 112 Å². The second-order valence-electron chi connectivity index (χ2n) is 6.83. The second kappa shape index (κ2) is 10.4. The summed E-state index contributed by atoms with van der Waals surface area (Å²) >= 11 is 1.25. The van der Waals surface area contributed by atoms with Crippen LogP contribution in [0, 0.1) is 0 Å². The first kappa shape index (κ1) is 22.0. The number of aromatic carboxylic acids is 1. The molecule has 1 amide bonds. The molecular weight excluding hydrogens is 438 g/mol. The highest BCUT2D eigenvalue weighted by Gasteiger charge is 2.16. The summed E-state index contributed by atoms with van der Waals surface area (Å²) in [6.07, 6.45) is 1.43. The summed E-state index contributed by atoms with van der Waals surface area (Å²) in [5, 5.41) is 23.9. The predicted molar refractivity (Wildman–Crippen MR) is 124 cm³/mol. The number of nitrogens with zero attached hydrogens (tertiary/aromatic N) is 4. The van der Waals surface area contributed by atoms with Crippen molar-refractivity contribution in [3.05, 3.63) is 96.1 Å². The van der Waals surface area contributed by atoms with Crippen LogP contribution in [0.1, 0.15) is 15.9 Å². The summed E-state index contributed by atoms with van der Waals surface area (Å²) in [4.78, 5) is 23.1. The summed E-state index contributed by atoms with van der Waals surface area (Å²) in [5.41, 5.74) is 4.98. The van der Waals surface area contributed by atoms with E-state index in [1.165, 1.54) is 30.1 Å². The van der Waals surface area contributed by atoms with Crippen molar-refractivity contribution in [3.63, 3.8) is 0 Å².